The summed E-state index contributed by atoms with van der Waals surface area (Å²) in [6.07, 6.45) is 0. The second-order valence-electron chi connectivity index (χ2n) is 5.44. The molecule has 0 saturated carbocycles. The van der Waals surface area contributed by atoms with Gasteiger partial charge in [-0.15, -0.1) is 4.80 Å². The second-order valence-corrected chi connectivity index (χ2v) is 5.44. The zero-order valence-corrected chi connectivity index (χ0v) is 13.5. The summed E-state index contributed by atoms with van der Waals surface area (Å²) in [7, 11) is 0. The number of hydrogen-bond acceptors (Lipinski definition) is 4. The summed E-state index contributed by atoms with van der Waals surface area (Å²) in [4.78, 5) is 1.57. The summed E-state index contributed by atoms with van der Waals surface area (Å²) in [5.41, 5.74) is 7.92. The van der Waals surface area contributed by atoms with Gasteiger partial charge in [0.1, 0.15) is 0 Å². The summed E-state index contributed by atoms with van der Waals surface area (Å²) in [5, 5.41) is 13.4. The third-order valence-corrected chi connectivity index (χ3v) is 3.58. The van der Waals surface area contributed by atoms with E-state index in [4.69, 9.17) is 0 Å². The molecule has 3 rings (SSSR count). The summed E-state index contributed by atoms with van der Waals surface area (Å²) in [5.74, 6) is 0.657. The normalized spacial score (nSPS) is 11.5. The van der Waals surface area contributed by atoms with Gasteiger partial charge in [-0.25, -0.2) is 0 Å². The van der Waals surface area contributed by atoms with Gasteiger partial charge in [0.15, 0.2) is 0 Å². The van der Waals surface area contributed by atoms with Crippen LogP contribution in [0.3, 0.4) is 0 Å². The van der Waals surface area contributed by atoms with E-state index in [1.165, 1.54) is 5.56 Å². The molecular weight excluding hydrogens is 286 g/mol. The molecule has 0 atom stereocenters. The van der Waals surface area contributed by atoms with Gasteiger partial charge in [0.05, 0.1) is 17.1 Å². The van der Waals surface area contributed by atoms with E-state index in [9.17, 15) is 0 Å². The maximum absolute atomic E-state index is 4.52. The highest BCUT2D eigenvalue weighted by Crippen LogP contribution is 2.10. The minimum atomic E-state index is 0.657. The quantitative estimate of drug-likeness (QED) is 0.457. The van der Waals surface area contributed by atoms with Gasteiger partial charge in [-0.05, 0) is 32.9 Å². The second kappa shape index (κ2) is 6.44. The van der Waals surface area contributed by atoms with Gasteiger partial charge in [-0.3, -0.25) is 5.43 Å². The number of rotatable bonds is 3. The predicted molar refractivity (Wildman–Crippen MR) is 92.7 cm³/mol. The van der Waals surface area contributed by atoms with Crippen molar-refractivity contribution in [2.75, 3.05) is 5.43 Å². The topological polar surface area (TPSA) is 55.1 Å². The Morgan fingerprint density at radius 2 is 1.48 bits per heavy atom. The molecule has 1 N–H and O–H groups in total. The highest BCUT2D eigenvalue weighted by molar-refractivity contribution is 5.99. The number of para-hydroxylation sites is 1. The van der Waals surface area contributed by atoms with Gasteiger partial charge < -0.3 is 0 Å². The number of hydrogen-bond donors (Lipinski definition) is 1. The SMILES string of the molecule is Cc1ccc(/C(=N/Nc2ccccc2)n2nc(C)c(C)n2)cc1. The van der Waals surface area contributed by atoms with Crippen LogP contribution in [0, 0.1) is 20.8 Å². The number of aryl methyl sites for hydroxylation is 3. The first-order valence-corrected chi connectivity index (χ1v) is 7.50. The van der Waals surface area contributed by atoms with Crippen molar-refractivity contribution in [2.45, 2.75) is 20.8 Å². The zero-order valence-electron chi connectivity index (χ0n) is 13.5. The molecule has 1 aromatic heterocycles. The fourth-order valence-electron chi connectivity index (χ4n) is 2.10. The fourth-order valence-corrected chi connectivity index (χ4v) is 2.10. The molecule has 2 aromatic carbocycles. The summed E-state index contributed by atoms with van der Waals surface area (Å²) >= 11 is 0. The molecule has 5 heteroatoms. The van der Waals surface area contributed by atoms with Crippen molar-refractivity contribution >= 4 is 11.5 Å². The Kier molecular flexibility index (Phi) is 4.19. The van der Waals surface area contributed by atoms with E-state index in [1.54, 1.807) is 4.80 Å². The predicted octanol–water partition coefficient (Wildman–Crippen LogP) is 3.53. The Morgan fingerprint density at radius 1 is 0.870 bits per heavy atom. The van der Waals surface area contributed by atoms with Crippen molar-refractivity contribution in [3.05, 3.63) is 77.1 Å². The van der Waals surface area contributed by atoms with Gasteiger partial charge >= 0.3 is 0 Å². The molecule has 116 valence electrons. The lowest BCUT2D eigenvalue weighted by Gasteiger charge is -2.07. The third-order valence-electron chi connectivity index (χ3n) is 3.58. The zero-order chi connectivity index (χ0) is 16.2. The van der Waals surface area contributed by atoms with E-state index in [0.717, 1.165) is 22.6 Å². The number of aromatic nitrogens is 3. The first-order chi connectivity index (χ1) is 11.1. The molecule has 0 unspecified atom stereocenters. The van der Waals surface area contributed by atoms with Crippen LogP contribution in [0.2, 0.25) is 0 Å². The van der Waals surface area contributed by atoms with Crippen LogP contribution >= 0.6 is 0 Å². The van der Waals surface area contributed by atoms with Gasteiger partial charge in [-0.1, -0.05) is 48.0 Å². The van der Waals surface area contributed by atoms with Crippen LogP contribution in [0.1, 0.15) is 22.5 Å². The summed E-state index contributed by atoms with van der Waals surface area (Å²) in [6.45, 7) is 5.94. The maximum atomic E-state index is 4.52. The monoisotopic (exact) mass is 305 g/mol. The molecule has 0 radical (unpaired) electrons. The first kappa shape index (κ1) is 15.0. The van der Waals surface area contributed by atoms with E-state index < -0.39 is 0 Å². The number of hydrazone groups is 1. The lowest BCUT2D eigenvalue weighted by atomic mass is 10.1. The number of benzene rings is 2. The Hall–Kier alpha value is -2.95. The van der Waals surface area contributed by atoms with Crippen molar-refractivity contribution in [2.24, 2.45) is 5.10 Å². The molecule has 0 saturated heterocycles. The molecule has 1 heterocycles. The van der Waals surface area contributed by atoms with Crippen molar-refractivity contribution in [1.29, 1.82) is 0 Å². The number of anilines is 1. The molecule has 0 amide bonds. The average Bonchev–Trinajstić information content (AvgIpc) is 2.89. The van der Waals surface area contributed by atoms with Crippen LogP contribution in [-0.2, 0) is 0 Å². The molecule has 0 aliphatic heterocycles. The minimum Gasteiger partial charge on any atom is -0.276 e. The molecule has 5 nitrogen and oxygen atoms in total. The minimum absolute atomic E-state index is 0.657. The third kappa shape index (κ3) is 3.45. The largest absolute Gasteiger partial charge is 0.276 e. The van der Waals surface area contributed by atoms with Gasteiger partial charge in [0.25, 0.3) is 0 Å². The van der Waals surface area contributed by atoms with Gasteiger partial charge in [0.2, 0.25) is 5.84 Å². The highest BCUT2D eigenvalue weighted by atomic mass is 15.5. The van der Waals surface area contributed by atoms with Crippen LogP contribution < -0.4 is 5.43 Å². The molecule has 0 bridgehead atoms. The average molecular weight is 305 g/mol. The Morgan fingerprint density at radius 3 is 2.09 bits per heavy atom. The summed E-state index contributed by atoms with van der Waals surface area (Å²) < 4.78 is 0. The first-order valence-electron chi connectivity index (χ1n) is 7.50. The highest BCUT2D eigenvalue weighted by Gasteiger charge is 2.11. The van der Waals surface area contributed by atoms with Gasteiger partial charge in [-0.2, -0.15) is 15.3 Å². The molecule has 0 spiro atoms. The molecule has 23 heavy (non-hydrogen) atoms. The standard InChI is InChI=1S/C18H19N5/c1-13-9-11-16(12-10-13)18(23-21-14(2)15(3)22-23)20-19-17-7-5-4-6-8-17/h4-12,19H,1-3H3/b20-18-. The Balaban J connectivity index is 2.00. The Bertz CT molecular complexity index is 797. The van der Waals surface area contributed by atoms with E-state index in [0.29, 0.717) is 5.84 Å². The number of nitrogens with one attached hydrogen (secondary N) is 1. The van der Waals surface area contributed by atoms with Gasteiger partial charge in [0, 0.05) is 5.56 Å². The summed E-state index contributed by atoms with van der Waals surface area (Å²) in [6, 6.07) is 18.0. The van der Waals surface area contributed by atoms with Crippen LogP contribution in [0.5, 0.6) is 0 Å². The van der Waals surface area contributed by atoms with Crippen LogP contribution in [0.15, 0.2) is 59.7 Å². The molecule has 0 aliphatic carbocycles. The van der Waals surface area contributed by atoms with Crippen molar-refractivity contribution in [3.63, 3.8) is 0 Å². The van der Waals surface area contributed by atoms with E-state index in [-0.39, 0.29) is 0 Å². The van der Waals surface area contributed by atoms with E-state index in [1.807, 2.05) is 56.3 Å². The molecule has 3 aromatic rings. The van der Waals surface area contributed by atoms with E-state index >= 15 is 0 Å². The van der Waals surface area contributed by atoms with Crippen molar-refractivity contribution in [1.82, 2.24) is 15.0 Å². The van der Waals surface area contributed by atoms with Crippen LogP contribution in [-0.4, -0.2) is 20.8 Å². The maximum Gasteiger partial charge on any atom is 0.201 e. The lowest BCUT2D eigenvalue weighted by molar-refractivity contribution is 0.783. The fraction of sp³-hybridized carbons (Fsp3) is 0.167. The molecular formula is C18H19N5. The number of nitrogens with zero attached hydrogens (tertiary/aromatic N) is 4. The molecule has 0 fully saturated rings. The Labute approximate surface area is 135 Å². The van der Waals surface area contributed by atoms with Crippen molar-refractivity contribution < 1.29 is 0 Å². The lowest BCUT2D eigenvalue weighted by Crippen LogP contribution is -2.19. The van der Waals surface area contributed by atoms with E-state index in [2.05, 4.69) is 39.8 Å². The van der Waals surface area contributed by atoms with Crippen molar-refractivity contribution in [3.8, 4) is 0 Å². The smallest absolute Gasteiger partial charge is 0.201 e. The molecule has 0 aliphatic rings. The van der Waals surface area contributed by atoms with Crippen LogP contribution in [0.25, 0.3) is 0 Å². The van der Waals surface area contributed by atoms with Crippen LogP contribution in [0.4, 0.5) is 5.69 Å².